The van der Waals surface area contributed by atoms with Crippen LogP contribution in [0.3, 0.4) is 0 Å². The number of piperidine rings is 1. The third kappa shape index (κ3) is 3.98. The Labute approximate surface area is 133 Å². The van der Waals surface area contributed by atoms with E-state index in [-0.39, 0.29) is 5.91 Å². The summed E-state index contributed by atoms with van der Waals surface area (Å²) in [5.41, 5.74) is 0. The number of hydrogen-bond donors (Lipinski definition) is 0. The number of methoxy groups -OCH3 is 1. The van der Waals surface area contributed by atoms with E-state index in [1.807, 2.05) is 4.90 Å². The summed E-state index contributed by atoms with van der Waals surface area (Å²) < 4.78 is 32.1. The largest absolute Gasteiger partial charge is 0.384 e. The van der Waals surface area contributed by atoms with Crippen LogP contribution in [0, 0.1) is 11.8 Å². The number of carbonyl (C=O) groups excluding carboxylic acids is 1. The minimum absolute atomic E-state index is 0.199. The highest BCUT2D eigenvalue weighted by molar-refractivity contribution is 7.86. The van der Waals surface area contributed by atoms with Gasteiger partial charge in [0.15, 0.2) is 0 Å². The molecule has 0 saturated carbocycles. The fraction of sp³-hybridized carbons (Fsp3) is 0.929. The molecular weight excluding hydrogens is 306 g/mol. The van der Waals surface area contributed by atoms with Crippen LogP contribution in [0.15, 0.2) is 0 Å². The van der Waals surface area contributed by atoms with Gasteiger partial charge in [-0.1, -0.05) is 0 Å². The lowest BCUT2D eigenvalue weighted by Gasteiger charge is -2.34. The van der Waals surface area contributed by atoms with E-state index in [1.54, 1.807) is 21.2 Å². The van der Waals surface area contributed by atoms with Gasteiger partial charge in [0, 0.05) is 59.7 Å². The number of rotatable bonds is 6. The molecular formula is C14H27N3O4S. The summed E-state index contributed by atoms with van der Waals surface area (Å²) in [6.07, 6.45) is 2.19. The van der Waals surface area contributed by atoms with Crippen LogP contribution in [0.2, 0.25) is 0 Å². The summed E-state index contributed by atoms with van der Waals surface area (Å²) in [6.45, 7) is 3.21. The molecule has 7 nitrogen and oxygen atoms in total. The molecule has 22 heavy (non-hydrogen) atoms. The van der Waals surface area contributed by atoms with Gasteiger partial charge in [0.1, 0.15) is 0 Å². The quantitative estimate of drug-likeness (QED) is 0.686. The van der Waals surface area contributed by atoms with Crippen molar-refractivity contribution in [2.45, 2.75) is 19.3 Å². The Morgan fingerprint density at radius 2 is 1.86 bits per heavy atom. The molecule has 2 rings (SSSR count). The van der Waals surface area contributed by atoms with Gasteiger partial charge >= 0.3 is 0 Å². The molecule has 0 aromatic rings. The fourth-order valence-corrected chi connectivity index (χ4v) is 4.38. The van der Waals surface area contributed by atoms with Crippen molar-refractivity contribution in [2.75, 3.05) is 54.0 Å². The van der Waals surface area contributed by atoms with Gasteiger partial charge in [-0.2, -0.15) is 17.0 Å². The molecule has 0 aliphatic carbocycles. The van der Waals surface area contributed by atoms with Crippen LogP contribution in [0.5, 0.6) is 0 Å². The Morgan fingerprint density at radius 1 is 1.23 bits per heavy atom. The Hall–Kier alpha value is -0.700. The summed E-state index contributed by atoms with van der Waals surface area (Å²) in [5, 5.41) is 0. The highest BCUT2D eigenvalue weighted by Gasteiger charge is 2.34. The topological polar surface area (TPSA) is 70.2 Å². The minimum atomic E-state index is -3.31. The second-order valence-electron chi connectivity index (χ2n) is 6.46. The van der Waals surface area contributed by atoms with Crippen LogP contribution in [-0.4, -0.2) is 81.8 Å². The summed E-state index contributed by atoms with van der Waals surface area (Å²) >= 11 is 0. The van der Waals surface area contributed by atoms with Crippen molar-refractivity contribution in [3.05, 3.63) is 0 Å². The molecule has 0 aromatic heterocycles. The van der Waals surface area contributed by atoms with Crippen molar-refractivity contribution in [3.8, 4) is 0 Å². The Balaban J connectivity index is 1.82. The van der Waals surface area contributed by atoms with Gasteiger partial charge in [-0.05, 0) is 18.8 Å². The Kier molecular flexibility index (Phi) is 5.81. The third-order valence-electron chi connectivity index (χ3n) is 4.54. The predicted molar refractivity (Wildman–Crippen MR) is 83.5 cm³/mol. The SMILES string of the molecule is COCC1CC(=O)N(CC2CCN(S(=O)(=O)N(C)C)CC2)C1. The smallest absolute Gasteiger partial charge is 0.281 e. The average molecular weight is 333 g/mol. The summed E-state index contributed by atoms with van der Waals surface area (Å²) in [7, 11) is 1.46. The summed E-state index contributed by atoms with van der Waals surface area (Å²) in [6, 6.07) is 0. The van der Waals surface area contributed by atoms with Crippen LogP contribution < -0.4 is 0 Å². The van der Waals surface area contributed by atoms with Gasteiger partial charge in [0.2, 0.25) is 5.91 Å². The van der Waals surface area contributed by atoms with E-state index >= 15 is 0 Å². The van der Waals surface area contributed by atoms with Crippen molar-refractivity contribution in [1.82, 2.24) is 13.5 Å². The molecule has 8 heteroatoms. The van der Waals surface area contributed by atoms with Crippen molar-refractivity contribution in [2.24, 2.45) is 11.8 Å². The lowest BCUT2D eigenvalue weighted by molar-refractivity contribution is -0.128. The maximum atomic E-state index is 12.1. The van der Waals surface area contributed by atoms with Crippen molar-refractivity contribution < 1.29 is 17.9 Å². The molecule has 2 saturated heterocycles. The Morgan fingerprint density at radius 3 is 2.41 bits per heavy atom. The van der Waals surface area contributed by atoms with Gasteiger partial charge in [0.25, 0.3) is 10.2 Å². The zero-order valence-corrected chi connectivity index (χ0v) is 14.5. The Bertz CT molecular complexity index is 486. The lowest BCUT2D eigenvalue weighted by Crippen LogP contribution is -2.46. The third-order valence-corrected chi connectivity index (χ3v) is 6.48. The zero-order valence-electron chi connectivity index (χ0n) is 13.7. The van der Waals surface area contributed by atoms with Crippen LogP contribution in [0.1, 0.15) is 19.3 Å². The molecule has 0 radical (unpaired) electrons. The van der Waals surface area contributed by atoms with Crippen LogP contribution in [0.25, 0.3) is 0 Å². The van der Waals surface area contributed by atoms with E-state index in [0.29, 0.717) is 38.0 Å². The summed E-state index contributed by atoms with van der Waals surface area (Å²) in [5.74, 6) is 0.885. The highest BCUT2D eigenvalue weighted by atomic mass is 32.2. The maximum Gasteiger partial charge on any atom is 0.281 e. The van der Waals surface area contributed by atoms with Crippen molar-refractivity contribution in [3.63, 3.8) is 0 Å². The van der Waals surface area contributed by atoms with Crippen molar-refractivity contribution in [1.29, 1.82) is 0 Å². The lowest BCUT2D eigenvalue weighted by atomic mass is 9.97. The number of carbonyl (C=O) groups is 1. The second kappa shape index (κ2) is 7.25. The molecule has 1 atom stereocenters. The number of ether oxygens (including phenoxy) is 1. The van der Waals surface area contributed by atoms with E-state index in [2.05, 4.69) is 0 Å². The first-order valence-electron chi connectivity index (χ1n) is 7.79. The van der Waals surface area contributed by atoms with E-state index < -0.39 is 10.2 Å². The number of nitrogens with zero attached hydrogens (tertiary/aromatic N) is 3. The van der Waals surface area contributed by atoms with Crippen LogP contribution in [-0.2, 0) is 19.7 Å². The van der Waals surface area contributed by atoms with E-state index in [9.17, 15) is 13.2 Å². The zero-order chi connectivity index (χ0) is 16.3. The molecule has 0 aromatic carbocycles. The standard InChI is InChI=1S/C14H27N3O4S/c1-15(2)22(19,20)17-6-4-12(5-7-17)9-16-10-13(11-21-3)8-14(16)18/h12-13H,4-11H2,1-3H3. The molecule has 0 bridgehead atoms. The monoisotopic (exact) mass is 333 g/mol. The predicted octanol–water partition coefficient (Wildman–Crippen LogP) is -0.000300. The van der Waals surface area contributed by atoms with Gasteiger partial charge in [-0.3, -0.25) is 4.79 Å². The average Bonchev–Trinajstić information content (AvgIpc) is 2.80. The molecule has 0 spiro atoms. The summed E-state index contributed by atoms with van der Waals surface area (Å²) in [4.78, 5) is 13.9. The molecule has 2 aliphatic rings. The first kappa shape index (κ1) is 17.7. The molecule has 2 fully saturated rings. The molecule has 2 heterocycles. The molecule has 1 unspecified atom stereocenters. The second-order valence-corrected chi connectivity index (χ2v) is 8.60. The van der Waals surface area contributed by atoms with Crippen LogP contribution >= 0.6 is 0 Å². The first-order chi connectivity index (χ1) is 10.3. The van der Waals surface area contributed by atoms with Crippen LogP contribution in [0.4, 0.5) is 0 Å². The first-order valence-corrected chi connectivity index (χ1v) is 9.18. The number of amides is 1. The molecule has 1 amide bonds. The van der Waals surface area contributed by atoms with Gasteiger partial charge < -0.3 is 9.64 Å². The highest BCUT2D eigenvalue weighted by Crippen LogP contribution is 2.25. The fourth-order valence-electron chi connectivity index (χ4n) is 3.24. The molecule has 2 aliphatic heterocycles. The normalized spacial score (nSPS) is 25.4. The van der Waals surface area contributed by atoms with E-state index in [1.165, 1.54) is 8.61 Å². The molecule has 0 N–H and O–H groups in total. The number of likely N-dealkylation sites (tertiary alicyclic amines) is 1. The van der Waals surface area contributed by atoms with Crippen molar-refractivity contribution >= 4 is 16.1 Å². The van der Waals surface area contributed by atoms with E-state index in [0.717, 1.165) is 25.9 Å². The number of hydrogen-bond acceptors (Lipinski definition) is 4. The maximum absolute atomic E-state index is 12.1. The van der Waals surface area contributed by atoms with Gasteiger partial charge in [0.05, 0.1) is 6.61 Å². The van der Waals surface area contributed by atoms with Gasteiger partial charge in [-0.15, -0.1) is 0 Å². The molecule has 128 valence electrons. The van der Waals surface area contributed by atoms with Gasteiger partial charge in [-0.25, -0.2) is 0 Å². The van der Waals surface area contributed by atoms with E-state index in [4.69, 9.17) is 4.74 Å². The minimum Gasteiger partial charge on any atom is -0.384 e.